The van der Waals surface area contributed by atoms with Gasteiger partial charge in [-0.05, 0) is 25.0 Å². The molecule has 2 saturated heterocycles. The van der Waals surface area contributed by atoms with Crippen molar-refractivity contribution in [3.63, 3.8) is 0 Å². The molecule has 2 N–H and O–H groups in total. The SMILES string of the molecule is O=C(Nc1cccc2[nH]ncc12)N1CCC(N2CCOC2=O)CC1. The summed E-state index contributed by atoms with van der Waals surface area (Å²) in [7, 11) is 0. The summed E-state index contributed by atoms with van der Waals surface area (Å²) in [6.45, 7) is 2.37. The number of aromatic amines is 1. The van der Waals surface area contributed by atoms with Crippen LogP contribution in [0.15, 0.2) is 24.4 Å². The summed E-state index contributed by atoms with van der Waals surface area (Å²) in [5, 5.41) is 10.7. The molecule has 0 spiro atoms. The number of nitrogens with one attached hydrogen (secondary N) is 2. The van der Waals surface area contributed by atoms with Crippen molar-refractivity contribution < 1.29 is 14.3 Å². The van der Waals surface area contributed by atoms with E-state index in [0.29, 0.717) is 26.2 Å². The summed E-state index contributed by atoms with van der Waals surface area (Å²) in [5.74, 6) is 0. The molecule has 3 amide bonds. The molecule has 8 nitrogen and oxygen atoms in total. The fourth-order valence-electron chi connectivity index (χ4n) is 3.39. The van der Waals surface area contributed by atoms with Gasteiger partial charge in [-0.2, -0.15) is 5.10 Å². The summed E-state index contributed by atoms with van der Waals surface area (Å²) in [5.41, 5.74) is 1.63. The number of anilines is 1. The number of piperidine rings is 1. The second-order valence-corrected chi connectivity index (χ2v) is 6.09. The molecule has 0 saturated carbocycles. The lowest BCUT2D eigenvalue weighted by Gasteiger charge is -2.35. The lowest BCUT2D eigenvalue weighted by Crippen LogP contribution is -2.48. The molecule has 0 atom stereocenters. The van der Waals surface area contributed by atoms with E-state index in [0.717, 1.165) is 29.4 Å². The summed E-state index contributed by atoms with van der Waals surface area (Å²) >= 11 is 0. The van der Waals surface area contributed by atoms with Gasteiger partial charge in [0.1, 0.15) is 6.61 Å². The Hall–Kier alpha value is -2.77. The number of rotatable bonds is 2. The number of amides is 3. The number of fused-ring (bicyclic) bond motifs is 1. The fourth-order valence-corrected chi connectivity index (χ4v) is 3.39. The van der Waals surface area contributed by atoms with Gasteiger partial charge in [-0.25, -0.2) is 9.59 Å². The van der Waals surface area contributed by atoms with Gasteiger partial charge in [0.25, 0.3) is 0 Å². The minimum absolute atomic E-state index is 0.119. The van der Waals surface area contributed by atoms with Crippen LogP contribution in [0.1, 0.15) is 12.8 Å². The zero-order valence-electron chi connectivity index (χ0n) is 13.2. The highest BCUT2D eigenvalue weighted by molar-refractivity contribution is 6.00. The van der Waals surface area contributed by atoms with E-state index in [-0.39, 0.29) is 18.2 Å². The molecule has 3 heterocycles. The number of benzene rings is 1. The Morgan fingerprint density at radius 3 is 2.88 bits per heavy atom. The minimum Gasteiger partial charge on any atom is -0.448 e. The first-order valence-electron chi connectivity index (χ1n) is 8.14. The molecule has 2 aliphatic rings. The number of H-pyrrole nitrogens is 1. The molecule has 1 aromatic carbocycles. The molecular formula is C16H19N5O3. The third-order valence-corrected chi connectivity index (χ3v) is 4.71. The number of hydrogen-bond acceptors (Lipinski definition) is 4. The molecule has 2 aromatic rings. The Morgan fingerprint density at radius 1 is 1.29 bits per heavy atom. The maximum Gasteiger partial charge on any atom is 0.410 e. The first-order chi connectivity index (χ1) is 11.7. The molecule has 0 unspecified atom stereocenters. The quantitative estimate of drug-likeness (QED) is 0.882. The zero-order chi connectivity index (χ0) is 16.5. The smallest absolute Gasteiger partial charge is 0.410 e. The van der Waals surface area contributed by atoms with Crippen LogP contribution in [-0.4, -0.2) is 64.4 Å². The molecule has 0 radical (unpaired) electrons. The number of carbonyl (C=O) groups excluding carboxylic acids is 2. The van der Waals surface area contributed by atoms with Gasteiger partial charge in [0.15, 0.2) is 0 Å². The summed E-state index contributed by atoms with van der Waals surface area (Å²) < 4.78 is 4.99. The molecule has 0 bridgehead atoms. The first kappa shape index (κ1) is 14.8. The highest BCUT2D eigenvalue weighted by Gasteiger charge is 2.33. The van der Waals surface area contributed by atoms with Crippen molar-refractivity contribution >= 4 is 28.7 Å². The van der Waals surface area contributed by atoms with Crippen LogP contribution in [0.2, 0.25) is 0 Å². The number of carbonyl (C=O) groups is 2. The van der Waals surface area contributed by atoms with Gasteiger partial charge in [-0.1, -0.05) is 6.07 Å². The number of urea groups is 1. The maximum absolute atomic E-state index is 12.5. The van der Waals surface area contributed by atoms with Crippen LogP contribution < -0.4 is 5.32 Å². The van der Waals surface area contributed by atoms with Crippen LogP contribution in [0.5, 0.6) is 0 Å². The average Bonchev–Trinajstić information content (AvgIpc) is 3.24. The molecule has 8 heteroatoms. The molecular weight excluding hydrogens is 310 g/mol. The number of nitrogens with zero attached hydrogens (tertiary/aromatic N) is 3. The predicted molar refractivity (Wildman–Crippen MR) is 87.8 cm³/mol. The van der Waals surface area contributed by atoms with Crippen molar-refractivity contribution in [3.05, 3.63) is 24.4 Å². The average molecular weight is 329 g/mol. The molecule has 1 aromatic heterocycles. The van der Waals surface area contributed by atoms with Crippen LogP contribution >= 0.6 is 0 Å². The molecule has 126 valence electrons. The summed E-state index contributed by atoms with van der Waals surface area (Å²) in [4.78, 5) is 27.7. The Kier molecular flexibility index (Phi) is 3.72. The number of likely N-dealkylation sites (tertiary alicyclic amines) is 1. The van der Waals surface area contributed by atoms with E-state index in [4.69, 9.17) is 4.74 Å². The van der Waals surface area contributed by atoms with Gasteiger partial charge in [-0.15, -0.1) is 0 Å². The van der Waals surface area contributed by atoms with Gasteiger partial charge in [0, 0.05) is 24.5 Å². The van der Waals surface area contributed by atoms with E-state index in [1.165, 1.54) is 0 Å². The van der Waals surface area contributed by atoms with Gasteiger partial charge >= 0.3 is 12.1 Å². The number of aromatic nitrogens is 2. The Morgan fingerprint density at radius 2 is 2.12 bits per heavy atom. The van der Waals surface area contributed by atoms with Crippen molar-refractivity contribution in [1.29, 1.82) is 0 Å². The first-order valence-corrected chi connectivity index (χ1v) is 8.14. The highest BCUT2D eigenvalue weighted by atomic mass is 16.6. The Balaban J connectivity index is 1.38. The minimum atomic E-state index is -0.232. The number of hydrogen-bond donors (Lipinski definition) is 2. The van der Waals surface area contributed by atoms with Crippen molar-refractivity contribution in [3.8, 4) is 0 Å². The van der Waals surface area contributed by atoms with Gasteiger partial charge in [0.2, 0.25) is 0 Å². The van der Waals surface area contributed by atoms with Crippen molar-refractivity contribution in [2.75, 3.05) is 31.6 Å². The summed E-state index contributed by atoms with van der Waals surface area (Å²) in [6.07, 6.45) is 3.03. The van der Waals surface area contributed by atoms with Crippen LogP contribution in [-0.2, 0) is 4.74 Å². The highest BCUT2D eigenvalue weighted by Crippen LogP contribution is 2.23. The lowest BCUT2D eigenvalue weighted by molar-refractivity contribution is 0.125. The van der Waals surface area contributed by atoms with Gasteiger partial charge in [-0.3, -0.25) is 5.10 Å². The molecule has 2 aliphatic heterocycles. The third-order valence-electron chi connectivity index (χ3n) is 4.71. The van der Waals surface area contributed by atoms with E-state index in [1.54, 1.807) is 16.0 Å². The van der Waals surface area contributed by atoms with E-state index in [2.05, 4.69) is 15.5 Å². The van der Waals surface area contributed by atoms with Crippen LogP contribution in [0.4, 0.5) is 15.3 Å². The standard InChI is InChI=1S/C16H19N5O3/c22-15(18-13-2-1-3-14-12(13)10-17-19-14)20-6-4-11(5-7-20)21-8-9-24-16(21)23/h1-3,10-11H,4-9H2,(H,17,19)(H,18,22). The largest absolute Gasteiger partial charge is 0.448 e. The normalized spacial score (nSPS) is 18.9. The molecule has 24 heavy (non-hydrogen) atoms. The van der Waals surface area contributed by atoms with Crippen molar-refractivity contribution in [2.24, 2.45) is 0 Å². The topological polar surface area (TPSA) is 90.6 Å². The third kappa shape index (κ3) is 2.64. The second-order valence-electron chi connectivity index (χ2n) is 6.09. The van der Waals surface area contributed by atoms with Gasteiger partial charge < -0.3 is 19.9 Å². The van der Waals surface area contributed by atoms with E-state index in [1.807, 2.05) is 18.2 Å². The zero-order valence-corrected chi connectivity index (χ0v) is 13.2. The van der Waals surface area contributed by atoms with E-state index < -0.39 is 0 Å². The van der Waals surface area contributed by atoms with Gasteiger partial charge in [0.05, 0.1) is 23.9 Å². The van der Waals surface area contributed by atoms with Crippen LogP contribution in [0.25, 0.3) is 10.9 Å². The fraction of sp³-hybridized carbons (Fsp3) is 0.438. The number of cyclic esters (lactones) is 1. The molecule has 2 fully saturated rings. The van der Waals surface area contributed by atoms with Crippen LogP contribution in [0, 0.1) is 0 Å². The Labute approximate surface area is 138 Å². The monoisotopic (exact) mass is 329 g/mol. The Bertz CT molecular complexity index is 766. The predicted octanol–water partition coefficient (Wildman–Crippen LogP) is 2.01. The number of ether oxygens (including phenoxy) is 1. The second kappa shape index (κ2) is 6.03. The molecule has 4 rings (SSSR count). The van der Waals surface area contributed by atoms with Crippen molar-refractivity contribution in [1.82, 2.24) is 20.0 Å². The van der Waals surface area contributed by atoms with Crippen molar-refractivity contribution in [2.45, 2.75) is 18.9 Å². The van der Waals surface area contributed by atoms with E-state index in [9.17, 15) is 9.59 Å². The van der Waals surface area contributed by atoms with E-state index >= 15 is 0 Å². The summed E-state index contributed by atoms with van der Waals surface area (Å²) in [6, 6.07) is 5.70. The maximum atomic E-state index is 12.5. The lowest BCUT2D eigenvalue weighted by atomic mass is 10.0. The molecule has 0 aliphatic carbocycles. The van der Waals surface area contributed by atoms with Crippen LogP contribution in [0.3, 0.4) is 0 Å².